The van der Waals surface area contributed by atoms with E-state index in [1.807, 2.05) is 12.3 Å². The van der Waals surface area contributed by atoms with E-state index in [4.69, 9.17) is 0 Å². The first-order valence-corrected chi connectivity index (χ1v) is 7.80. The minimum absolute atomic E-state index is 0.403. The van der Waals surface area contributed by atoms with E-state index in [1.54, 1.807) is 17.9 Å². The molecule has 0 radical (unpaired) electrons. The number of halogens is 3. The van der Waals surface area contributed by atoms with Gasteiger partial charge in [0.15, 0.2) is 11.7 Å². The average Bonchev–Trinajstić information content (AvgIpc) is 3.16. The van der Waals surface area contributed by atoms with Crippen molar-refractivity contribution >= 4 is 17.3 Å². The largest absolute Gasteiger partial charge is 0.434 e. The lowest BCUT2D eigenvalue weighted by atomic mass is 10.4. The molecule has 0 saturated heterocycles. The van der Waals surface area contributed by atoms with E-state index in [1.165, 1.54) is 0 Å². The van der Waals surface area contributed by atoms with Crippen LogP contribution < -0.4 is 10.6 Å². The summed E-state index contributed by atoms with van der Waals surface area (Å²) >= 11 is 1.01. The van der Waals surface area contributed by atoms with Gasteiger partial charge in [0.1, 0.15) is 0 Å². The third-order valence-electron chi connectivity index (χ3n) is 2.89. The molecule has 10 heteroatoms. The minimum Gasteiger partial charge on any atom is -0.356 e. The molecule has 2 rings (SSSR count). The van der Waals surface area contributed by atoms with E-state index in [-0.39, 0.29) is 0 Å². The first-order valence-electron chi connectivity index (χ1n) is 6.92. The number of thiazole rings is 1. The van der Waals surface area contributed by atoms with E-state index >= 15 is 0 Å². The first-order chi connectivity index (χ1) is 11.0. The Labute approximate surface area is 135 Å². The van der Waals surface area contributed by atoms with Crippen LogP contribution in [0.3, 0.4) is 0 Å². The lowest BCUT2D eigenvalue weighted by molar-refractivity contribution is -0.140. The molecule has 2 aromatic heterocycles. The Morgan fingerprint density at radius 1 is 1.35 bits per heavy atom. The Bertz CT molecular complexity index is 620. The maximum atomic E-state index is 12.5. The molecule has 0 saturated carbocycles. The summed E-state index contributed by atoms with van der Waals surface area (Å²) < 4.78 is 39.1. The van der Waals surface area contributed by atoms with E-state index in [9.17, 15) is 13.2 Å². The van der Waals surface area contributed by atoms with Crippen molar-refractivity contribution in [2.75, 3.05) is 20.1 Å². The maximum absolute atomic E-state index is 12.5. The summed E-state index contributed by atoms with van der Waals surface area (Å²) in [6.45, 7) is 1.78. The zero-order valence-electron chi connectivity index (χ0n) is 12.5. The summed E-state index contributed by atoms with van der Waals surface area (Å²) in [6, 6.07) is 1.84. The van der Waals surface area contributed by atoms with E-state index in [2.05, 4.69) is 25.7 Å². The molecule has 2 heterocycles. The van der Waals surface area contributed by atoms with Crippen LogP contribution >= 0.6 is 11.3 Å². The van der Waals surface area contributed by atoms with Crippen molar-refractivity contribution in [2.45, 2.75) is 19.1 Å². The van der Waals surface area contributed by atoms with Gasteiger partial charge in [0, 0.05) is 44.3 Å². The van der Waals surface area contributed by atoms with E-state index in [0.717, 1.165) is 16.7 Å². The lowest BCUT2D eigenvalue weighted by Crippen LogP contribution is -2.39. The fraction of sp³-hybridized carbons (Fsp3) is 0.462. The third kappa shape index (κ3) is 5.55. The van der Waals surface area contributed by atoms with Crippen molar-refractivity contribution in [3.05, 3.63) is 34.5 Å². The fourth-order valence-electron chi connectivity index (χ4n) is 1.79. The molecule has 0 fully saturated rings. The standard InChI is InChI=1S/C13H17F3N6S/c1-17-12(19-6-8-22-7-2-4-20-22)18-5-3-11-21-10(9-23-11)13(14,15)16/h2,4,7,9H,3,5-6,8H2,1H3,(H2,17,18,19). The molecule has 0 spiro atoms. The quantitative estimate of drug-likeness (QED) is 0.618. The Kier molecular flexibility index (Phi) is 5.97. The van der Waals surface area contributed by atoms with Crippen LogP contribution in [-0.2, 0) is 19.1 Å². The van der Waals surface area contributed by atoms with Crippen LogP contribution in [0.5, 0.6) is 0 Å². The lowest BCUT2D eigenvalue weighted by Gasteiger charge is -2.11. The predicted octanol–water partition coefficient (Wildman–Crippen LogP) is 1.77. The van der Waals surface area contributed by atoms with Crippen LogP contribution in [0.15, 0.2) is 28.8 Å². The molecule has 126 valence electrons. The highest BCUT2D eigenvalue weighted by Gasteiger charge is 2.33. The number of alkyl halides is 3. The zero-order chi connectivity index (χ0) is 16.7. The number of guanidine groups is 1. The molecule has 23 heavy (non-hydrogen) atoms. The first kappa shape index (κ1) is 17.3. The van der Waals surface area contributed by atoms with Crippen molar-refractivity contribution in [3.63, 3.8) is 0 Å². The van der Waals surface area contributed by atoms with Crippen LogP contribution in [0.1, 0.15) is 10.7 Å². The van der Waals surface area contributed by atoms with Gasteiger partial charge >= 0.3 is 6.18 Å². The molecule has 2 N–H and O–H groups in total. The van der Waals surface area contributed by atoms with Crippen molar-refractivity contribution in [3.8, 4) is 0 Å². The molecular weight excluding hydrogens is 329 g/mol. The monoisotopic (exact) mass is 346 g/mol. The summed E-state index contributed by atoms with van der Waals surface area (Å²) in [6.07, 6.45) is -0.415. The number of rotatable bonds is 6. The van der Waals surface area contributed by atoms with Gasteiger partial charge in [0.25, 0.3) is 0 Å². The van der Waals surface area contributed by atoms with Crippen molar-refractivity contribution in [2.24, 2.45) is 4.99 Å². The van der Waals surface area contributed by atoms with Crippen LogP contribution in [-0.4, -0.2) is 40.9 Å². The second-order valence-electron chi connectivity index (χ2n) is 4.57. The van der Waals surface area contributed by atoms with Gasteiger partial charge in [-0.05, 0) is 6.07 Å². The number of hydrogen-bond acceptors (Lipinski definition) is 4. The zero-order valence-corrected chi connectivity index (χ0v) is 13.3. The topological polar surface area (TPSA) is 67.1 Å². The van der Waals surface area contributed by atoms with E-state index in [0.29, 0.717) is 37.0 Å². The summed E-state index contributed by atoms with van der Waals surface area (Å²) in [4.78, 5) is 7.63. The summed E-state index contributed by atoms with van der Waals surface area (Å²) in [5.74, 6) is 0.588. The van der Waals surface area contributed by atoms with Gasteiger partial charge in [0.2, 0.25) is 0 Å². The van der Waals surface area contributed by atoms with Crippen LogP contribution in [0.4, 0.5) is 13.2 Å². The van der Waals surface area contributed by atoms with Crippen molar-refractivity contribution in [1.82, 2.24) is 25.4 Å². The minimum atomic E-state index is -4.38. The smallest absolute Gasteiger partial charge is 0.356 e. The van der Waals surface area contributed by atoms with Gasteiger partial charge in [0.05, 0.1) is 11.6 Å². The van der Waals surface area contributed by atoms with Gasteiger partial charge in [-0.2, -0.15) is 18.3 Å². The molecule has 0 aliphatic rings. The molecule has 6 nitrogen and oxygen atoms in total. The molecule has 0 aliphatic carbocycles. The Hall–Kier alpha value is -2.10. The molecule has 2 aromatic rings. The molecule has 0 unspecified atom stereocenters. The SMILES string of the molecule is CN=C(NCCc1nc(C(F)(F)F)cs1)NCCn1cccn1. The highest BCUT2D eigenvalue weighted by Crippen LogP contribution is 2.29. The number of nitrogens with zero attached hydrogens (tertiary/aromatic N) is 4. The molecule has 0 bridgehead atoms. The third-order valence-corrected chi connectivity index (χ3v) is 3.80. The highest BCUT2D eigenvalue weighted by molar-refractivity contribution is 7.09. The number of hydrogen-bond donors (Lipinski definition) is 2. The predicted molar refractivity (Wildman–Crippen MR) is 82.4 cm³/mol. The van der Waals surface area contributed by atoms with Crippen molar-refractivity contribution in [1.29, 1.82) is 0 Å². The summed E-state index contributed by atoms with van der Waals surface area (Å²) in [7, 11) is 1.63. The fourth-order valence-corrected chi connectivity index (χ4v) is 2.59. The van der Waals surface area contributed by atoms with Gasteiger partial charge < -0.3 is 10.6 Å². The van der Waals surface area contributed by atoms with Gasteiger partial charge in [-0.15, -0.1) is 11.3 Å². The second kappa shape index (κ2) is 7.95. The molecule has 0 aromatic carbocycles. The van der Waals surface area contributed by atoms with Crippen molar-refractivity contribution < 1.29 is 13.2 Å². The number of aromatic nitrogens is 3. The molecular formula is C13H17F3N6S. The van der Waals surface area contributed by atoms with Crippen LogP contribution in [0.2, 0.25) is 0 Å². The summed E-state index contributed by atoms with van der Waals surface area (Å²) in [5, 5.41) is 11.7. The van der Waals surface area contributed by atoms with Gasteiger partial charge in [-0.1, -0.05) is 0 Å². The van der Waals surface area contributed by atoms with Crippen LogP contribution in [0.25, 0.3) is 0 Å². The van der Waals surface area contributed by atoms with Gasteiger partial charge in [-0.25, -0.2) is 4.98 Å². The molecule has 0 amide bonds. The Morgan fingerprint density at radius 2 is 2.13 bits per heavy atom. The van der Waals surface area contributed by atoms with Crippen LogP contribution in [0, 0.1) is 0 Å². The maximum Gasteiger partial charge on any atom is 0.434 e. The Balaban J connectivity index is 1.70. The highest BCUT2D eigenvalue weighted by atomic mass is 32.1. The molecule has 0 atom stereocenters. The van der Waals surface area contributed by atoms with E-state index < -0.39 is 11.9 Å². The number of aliphatic imine (C=N–C) groups is 1. The normalized spacial score (nSPS) is 12.4. The molecule has 0 aliphatic heterocycles. The second-order valence-corrected chi connectivity index (χ2v) is 5.51. The van der Waals surface area contributed by atoms with Gasteiger partial charge in [-0.3, -0.25) is 9.67 Å². The Morgan fingerprint density at radius 3 is 2.74 bits per heavy atom. The number of nitrogens with one attached hydrogen (secondary N) is 2. The summed E-state index contributed by atoms with van der Waals surface area (Å²) in [5.41, 5.74) is -0.834. The average molecular weight is 346 g/mol.